The predicted octanol–water partition coefficient (Wildman–Crippen LogP) is 0.939. The van der Waals surface area contributed by atoms with Crippen molar-refractivity contribution in [2.45, 2.75) is 37.6 Å². The average Bonchev–Trinajstić information content (AvgIpc) is 2.44. The van der Waals surface area contributed by atoms with Gasteiger partial charge in [0.15, 0.2) is 0 Å². The van der Waals surface area contributed by atoms with Gasteiger partial charge in [-0.05, 0) is 25.5 Å². The molecule has 1 rings (SSSR count). The molecule has 0 heterocycles. The number of carbonyl (C=O) groups is 1. The fraction of sp³-hybridized carbons (Fsp3) is 0.500. The number of benzene rings is 1. The van der Waals surface area contributed by atoms with Gasteiger partial charge >= 0.3 is 0 Å². The van der Waals surface area contributed by atoms with Gasteiger partial charge in [-0.15, -0.1) is 12.4 Å². The van der Waals surface area contributed by atoms with Crippen LogP contribution in [0.15, 0.2) is 29.2 Å². The van der Waals surface area contributed by atoms with Gasteiger partial charge in [0.2, 0.25) is 15.9 Å². The van der Waals surface area contributed by atoms with Crippen molar-refractivity contribution in [3.8, 4) is 0 Å². The summed E-state index contributed by atoms with van der Waals surface area (Å²) in [7, 11) is -3.54. The van der Waals surface area contributed by atoms with Gasteiger partial charge in [-0.1, -0.05) is 31.0 Å². The summed E-state index contributed by atoms with van der Waals surface area (Å²) in [4.78, 5) is 11.8. The second-order valence-electron chi connectivity index (χ2n) is 4.90. The van der Waals surface area contributed by atoms with E-state index >= 15 is 0 Å². The minimum absolute atomic E-state index is 0. The second-order valence-corrected chi connectivity index (χ2v) is 6.66. The van der Waals surface area contributed by atoms with E-state index in [2.05, 4.69) is 10.0 Å². The molecule has 0 saturated heterocycles. The molecule has 1 aromatic carbocycles. The molecule has 0 spiro atoms. The summed E-state index contributed by atoms with van der Waals surface area (Å²) >= 11 is 0. The Morgan fingerprint density at radius 2 is 1.82 bits per heavy atom. The van der Waals surface area contributed by atoms with E-state index in [1.807, 2.05) is 13.8 Å². The molecule has 6 nitrogen and oxygen atoms in total. The summed E-state index contributed by atoms with van der Waals surface area (Å²) in [5.74, 6) is -0.258. The van der Waals surface area contributed by atoms with Crippen LogP contribution in [0.2, 0.25) is 0 Å². The SMILES string of the molecule is CCCC(N)C(=O)NCCNS(=O)(=O)c1ccc(C)cc1.Cl. The zero-order valence-electron chi connectivity index (χ0n) is 12.8. The lowest BCUT2D eigenvalue weighted by atomic mass is 10.2. The van der Waals surface area contributed by atoms with E-state index in [0.717, 1.165) is 12.0 Å². The highest BCUT2D eigenvalue weighted by Crippen LogP contribution is 2.09. The molecule has 0 aliphatic rings. The first kappa shape index (κ1) is 20.9. The van der Waals surface area contributed by atoms with E-state index in [1.54, 1.807) is 24.3 Å². The van der Waals surface area contributed by atoms with Crippen molar-refractivity contribution in [2.24, 2.45) is 5.73 Å². The third-order valence-corrected chi connectivity index (χ3v) is 4.46. The van der Waals surface area contributed by atoms with E-state index in [1.165, 1.54) is 0 Å². The molecule has 0 fully saturated rings. The Bertz CT molecular complexity index is 561. The summed E-state index contributed by atoms with van der Waals surface area (Å²) < 4.78 is 26.4. The summed E-state index contributed by atoms with van der Waals surface area (Å²) in [6, 6.07) is 6.03. The van der Waals surface area contributed by atoms with Crippen LogP contribution in [0, 0.1) is 6.92 Å². The number of hydrogen-bond donors (Lipinski definition) is 3. The van der Waals surface area contributed by atoms with Gasteiger partial charge in [0.05, 0.1) is 10.9 Å². The van der Waals surface area contributed by atoms with Crippen molar-refractivity contribution in [1.29, 1.82) is 0 Å². The van der Waals surface area contributed by atoms with Gasteiger partial charge in [0.1, 0.15) is 0 Å². The van der Waals surface area contributed by atoms with Gasteiger partial charge in [0.25, 0.3) is 0 Å². The summed E-state index contributed by atoms with van der Waals surface area (Å²) in [6.07, 6.45) is 1.44. The average molecular weight is 350 g/mol. The summed E-state index contributed by atoms with van der Waals surface area (Å²) in [6.45, 7) is 4.17. The number of sulfonamides is 1. The summed E-state index contributed by atoms with van der Waals surface area (Å²) in [5.41, 5.74) is 6.64. The fourth-order valence-corrected chi connectivity index (χ4v) is 2.78. The maximum Gasteiger partial charge on any atom is 0.240 e. The normalized spacial score (nSPS) is 12.3. The minimum atomic E-state index is -3.54. The van der Waals surface area contributed by atoms with Crippen molar-refractivity contribution >= 4 is 28.3 Å². The van der Waals surface area contributed by atoms with Crippen molar-refractivity contribution in [3.63, 3.8) is 0 Å². The number of rotatable bonds is 8. The molecule has 22 heavy (non-hydrogen) atoms. The number of nitrogens with two attached hydrogens (primary N) is 1. The van der Waals surface area contributed by atoms with Crippen LogP contribution in [0.4, 0.5) is 0 Å². The molecular weight excluding hydrogens is 326 g/mol. The molecule has 0 radical (unpaired) electrons. The summed E-state index contributed by atoms with van der Waals surface area (Å²) in [5, 5.41) is 2.61. The van der Waals surface area contributed by atoms with E-state index in [-0.39, 0.29) is 36.3 Å². The lowest BCUT2D eigenvalue weighted by molar-refractivity contribution is -0.122. The molecule has 1 amide bonds. The van der Waals surface area contributed by atoms with E-state index in [9.17, 15) is 13.2 Å². The van der Waals surface area contributed by atoms with E-state index < -0.39 is 16.1 Å². The van der Waals surface area contributed by atoms with Gasteiger partial charge in [-0.3, -0.25) is 4.79 Å². The predicted molar refractivity (Wildman–Crippen MR) is 89.5 cm³/mol. The smallest absolute Gasteiger partial charge is 0.240 e. The molecule has 8 heteroatoms. The molecule has 0 aromatic heterocycles. The van der Waals surface area contributed by atoms with Crippen LogP contribution in [-0.4, -0.2) is 33.5 Å². The third kappa shape index (κ3) is 6.74. The number of aryl methyl sites for hydroxylation is 1. The molecule has 1 atom stereocenters. The number of amides is 1. The van der Waals surface area contributed by atoms with Crippen LogP contribution in [0.5, 0.6) is 0 Å². The van der Waals surface area contributed by atoms with Crippen molar-refractivity contribution in [1.82, 2.24) is 10.0 Å². The van der Waals surface area contributed by atoms with E-state index in [0.29, 0.717) is 6.42 Å². The monoisotopic (exact) mass is 349 g/mol. The topological polar surface area (TPSA) is 101 Å². The van der Waals surface area contributed by atoms with Crippen LogP contribution >= 0.6 is 12.4 Å². The molecular formula is C14H24ClN3O3S. The lowest BCUT2D eigenvalue weighted by Gasteiger charge is -2.12. The van der Waals surface area contributed by atoms with Crippen LogP contribution in [-0.2, 0) is 14.8 Å². The van der Waals surface area contributed by atoms with Crippen molar-refractivity contribution in [2.75, 3.05) is 13.1 Å². The first-order valence-corrected chi connectivity index (χ1v) is 8.44. The molecule has 126 valence electrons. The molecule has 4 N–H and O–H groups in total. The molecule has 1 aromatic rings. The van der Waals surface area contributed by atoms with Crippen molar-refractivity contribution < 1.29 is 13.2 Å². The van der Waals surface area contributed by atoms with Crippen LogP contribution in [0.25, 0.3) is 0 Å². The Labute approximate surface area is 138 Å². The Hall–Kier alpha value is -1.15. The third-order valence-electron chi connectivity index (χ3n) is 2.98. The maximum absolute atomic E-state index is 12.0. The largest absolute Gasteiger partial charge is 0.353 e. The molecule has 0 aliphatic carbocycles. The molecule has 0 saturated carbocycles. The van der Waals surface area contributed by atoms with Crippen LogP contribution < -0.4 is 15.8 Å². The highest BCUT2D eigenvalue weighted by Gasteiger charge is 2.14. The molecule has 0 bridgehead atoms. The molecule has 0 aliphatic heterocycles. The number of halogens is 1. The van der Waals surface area contributed by atoms with Gasteiger partial charge in [-0.2, -0.15) is 0 Å². The van der Waals surface area contributed by atoms with E-state index in [4.69, 9.17) is 5.73 Å². The zero-order valence-corrected chi connectivity index (χ0v) is 14.5. The first-order chi connectivity index (χ1) is 9.86. The fourth-order valence-electron chi connectivity index (χ4n) is 1.75. The quantitative estimate of drug-likeness (QED) is 0.608. The van der Waals surface area contributed by atoms with Crippen molar-refractivity contribution in [3.05, 3.63) is 29.8 Å². The first-order valence-electron chi connectivity index (χ1n) is 6.96. The number of hydrogen-bond acceptors (Lipinski definition) is 4. The maximum atomic E-state index is 12.0. The Kier molecular flexibility index (Phi) is 9.27. The Morgan fingerprint density at radius 3 is 2.36 bits per heavy atom. The molecule has 1 unspecified atom stereocenters. The van der Waals surface area contributed by atoms with Gasteiger partial charge < -0.3 is 11.1 Å². The second kappa shape index (κ2) is 9.78. The van der Waals surface area contributed by atoms with Gasteiger partial charge in [0, 0.05) is 13.1 Å². The highest BCUT2D eigenvalue weighted by atomic mass is 35.5. The highest BCUT2D eigenvalue weighted by molar-refractivity contribution is 7.89. The number of carbonyl (C=O) groups excluding carboxylic acids is 1. The standard InChI is InChI=1S/C14H23N3O3S.ClH/c1-3-4-13(15)14(18)16-9-10-17-21(19,20)12-7-5-11(2)6-8-12;/h5-8,13,17H,3-4,9-10,15H2,1-2H3,(H,16,18);1H. The van der Waals surface area contributed by atoms with Gasteiger partial charge in [-0.25, -0.2) is 13.1 Å². The lowest BCUT2D eigenvalue weighted by Crippen LogP contribution is -2.43. The Balaban J connectivity index is 0.00000441. The zero-order chi connectivity index (χ0) is 15.9. The Morgan fingerprint density at radius 1 is 1.23 bits per heavy atom. The van der Waals surface area contributed by atoms with Crippen LogP contribution in [0.1, 0.15) is 25.3 Å². The number of nitrogens with one attached hydrogen (secondary N) is 2. The minimum Gasteiger partial charge on any atom is -0.353 e. The van der Waals surface area contributed by atoms with Crippen LogP contribution in [0.3, 0.4) is 0 Å².